The van der Waals surface area contributed by atoms with Crippen molar-refractivity contribution >= 4 is 11.6 Å². The highest BCUT2D eigenvalue weighted by Gasteiger charge is 2.24. The Kier molecular flexibility index (Phi) is 3.19. The number of likely N-dealkylation sites (N-methyl/N-ethyl adjacent to an activating group) is 1. The summed E-state index contributed by atoms with van der Waals surface area (Å²) in [5, 5.41) is 0. The fourth-order valence-corrected chi connectivity index (χ4v) is 2.37. The molecule has 1 fully saturated rings. The summed E-state index contributed by atoms with van der Waals surface area (Å²) in [4.78, 5) is 13.4. The summed E-state index contributed by atoms with van der Waals surface area (Å²) in [7, 11) is 2.15. The second-order valence-electron chi connectivity index (χ2n) is 4.91. The summed E-state index contributed by atoms with van der Waals surface area (Å²) in [6.07, 6.45) is 0. The third kappa shape index (κ3) is 2.34. The first kappa shape index (κ1) is 12.1. The van der Waals surface area contributed by atoms with Crippen LogP contribution in [0, 0.1) is 13.8 Å². The average Bonchev–Trinajstić information content (AvgIpc) is 2.24. The van der Waals surface area contributed by atoms with Crippen LogP contribution in [-0.4, -0.2) is 47.6 Å². The number of rotatable bonds is 1. The van der Waals surface area contributed by atoms with E-state index < -0.39 is 0 Å². The molecule has 1 aliphatic rings. The number of hydrogen-bond acceptors (Lipinski definition) is 5. The van der Waals surface area contributed by atoms with Crippen molar-refractivity contribution in [1.29, 1.82) is 0 Å². The third-order valence-electron chi connectivity index (χ3n) is 3.37. The van der Waals surface area contributed by atoms with Crippen molar-refractivity contribution in [3.63, 3.8) is 0 Å². The fraction of sp³-hybridized carbons (Fsp3) is 0.667. The van der Waals surface area contributed by atoms with Crippen LogP contribution in [0.25, 0.3) is 0 Å². The van der Waals surface area contributed by atoms with E-state index in [0.29, 0.717) is 11.9 Å². The molecule has 0 amide bonds. The largest absolute Gasteiger partial charge is 0.383 e. The first-order chi connectivity index (χ1) is 7.99. The molecule has 0 aliphatic carbocycles. The summed E-state index contributed by atoms with van der Waals surface area (Å²) in [6, 6.07) is 0.459. The van der Waals surface area contributed by atoms with Crippen molar-refractivity contribution in [3.05, 3.63) is 11.4 Å². The van der Waals surface area contributed by atoms with Gasteiger partial charge in [-0.15, -0.1) is 0 Å². The summed E-state index contributed by atoms with van der Waals surface area (Å²) in [5.41, 5.74) is 6.91. The molecule has 0 radical (unpaired) electrons. The van der Waals surface area contributed by atoms with Crippen LogP contribution in [0.1, 0.15) is 18.3 Å². The van der Waals surface area contributed by atoms with Crippen molar-refractivity contribution in [3.8, 4) is 0 Å². The van der Waals surface area contributed by atoms with Crippen molar-refractivity contribution in [1.82, 2.24) is 14.9 Å². The smallest absolute Gasteiger partial charge is 0.137 e. The highest BCUT2D eigenvalue weighted by atomic mass is 15.3. The zero-order chi connectivity index (χ0) is 12.6. The Bertz CT molecular complexity index is 418. The lowest BCUT2D eigenvalue weighted by atomic mass is 10.1. The van der Waals surface area contributed by atoms with Gasteiger partial charge in [0, 0.05) is 31.2 Å². The minimum absolute atomic E-state index is 0.459. The molecule has 1 atom stereocenters. The van der Waals surface area contributed by atoms with E-state index in [4.69, 9.17) is 5.73 Å². The number of aromatic nitrogens is 2. The van der Waals surface area contributed by atoms with Gasteiger partial charge >= 0.3 is 0 Å². The number of nitrogens with zero attached hydrogens (tertiary/aromatic N) is 4. The van der Waals surface area contributed by atoms with Gasteiger partial charge < -0.3 is 15.5 Å². The molecule has 1 aromatic heterocycles. The van der Waals surface area contributed by atoms with E-state index in [0.717, 1.165) is 36.8 Å². The van der Waals surface area contributed by atoms with Gasteiger partial charge in [-0.05, 0) is 27.8 Å². The molecule has 0 aromatic carbocycles. The Labute approximate surface area is 103 Å². The van der Waals surface area contributed by atoms with Gasteiger partial charge in [0.05, 0.1) is 0 Å². The van der Waals surface area contributed by atoms with Crippen molar-refractivity contribution in [2.75, 3.05) is 37.3 Å². The minimum Gasteiger partial charge on any atom is -0.383 e. The Hall–Kier alpha value is -1.36. The van der Waals surface area contributed by atoms with E-state index >= 15 is 0 Å². The Balaban J connectivity index is 2.33. The van der Waals surface area contributed by atoms with E-state index in [2.05, 4.69) is 33.7 Å². The lowest BCUT2D eigenvalue weighted by molar-refractivity contribution is 0.274. The summed E-state index contributed by atoms with van der Waals surface area (Å²) < 4.78 is 0. The second-order valence-corrected chi connectivity index (χ2v) is 4.91. The Morgan fingerprint density at radius 1 is 1.24 bits per heavy atom. The summed E-state index contributed by atoms with van der Waals surface area (Å²) in [5.74, 6) is 2.34. The van der Waals surface area contributed by atoms with Crippen LogP contribution >= 0.6 is 0 Å². The van der Waals surface area contributed by atoms with Gasteiger partial charge in [0.15, 0.2) is 0 Å². The lowest BCUT2D eigenvalue weighted by Crippen LogP contribution is -2.51. The highest BCUT2D eigenvalue weighted by Crippen LogP contribution is 2.24. The maximum absolute atomic E-state index is 5.91. The molecule has 2 rings (SSSR count). The van der Waals surface area contributed by atoms with Crippen LogP contribution in [0.15, 0.2) is 0 Å². The summed E-state index contributed by atoms with van der Waals surface area (Å²) >= 11 is 0. The van der Waals surface area contributed by atoms with Crippen LogP contribution in [-0.2, 0) is 0 Å². The molecule has 17 heavy (non-hydrogen) atoms. The average molecular weight is 235 g/mol. The van der Waals surface area contributed by atoms with Gasteiger partial charge in [-0.2, -0.15) is 0 Å². The molecule has 1 aliphatic heterocycles. The van der Waals surface area contributed by atoms with Crippen LogP contribution in [0.2, 0.25) is 0 Å². The SMILES string of the molecule is Cc1nc(N)c(C)c(N2CCN(C)CC2C)n1. The molecule has 1 aromatic rings. The van der Waals surface area contributed by atoms with E-state index in [9.17, 15) is 0 Å². The second kappa shape index (κ2) is 4.49. The standard InChI is InChI=1S/C12H21N5/c1-8-7-16(4)5-6-17(8)12-9(2)11(13)14-10(3)15-12/h8H,5-7H2,1-4H3,(H2,13,14,15). The zero-order valence-electron chi connectivity index (χ0n) is 11.1. The summed E-state index contributed by atoms with van der Waals surface area (Å²) in [6.45, 7) is 9.22. The molecule has 0 bridgehead atoms. The van der Waals surface area contributed by atoms with E-state index in [1.165, 1.54) is 0 Å². The van der Waals surface area contributed by atoms with Crippen molar-refractivity contribution in [2.45, 2.75) is 26.8 Å². The number of hydrogen-bond donors (Lipinski definition) is 1. The van der Waals surface area contributed by atoms with Gasteiger partial charge in [0.1, 0.15) is 17.5 Å². The molecule has 1 saturated heterocycles. The van der Waals surface area contributed by atoms with Gasteiger partial charge in [0.25, 0.3) is 0 Å². The quantitative estimate of drug-likeness (QED) is 0.781. The topological polar surface area (TPSA) is 58.3 Å². The fourth-order valence-electron chi connectivity index (χ4n) is 2.37. The zero-order valence-corrected chi connectivity index (χ0v) is 11.1. The van der Waals surface area contributed by atoms with Gasteiger partial charge in [-0.1, -0.05) is 0 Å². The Morgan fingerprint density at radius 2 is 1.94 bits per heavy atom. The molecule has 94 valence electrons. The molecule has 0 spiro atoms. The highest BCUT2D eigenvalue weighted by molar-refractivity contribution is 5.57. The predicted octanol–water partition coefficient (Wildman–Crippen LogP) is 0.816. The minimum atomic E-state index is 0.459. The van der Waals surface area contributed by atoms with Crippen LogP contribution in [0.5, 0.6) is 0 Å². The number of piperazine rings is 1. The van der Waals surface area contributed by atoms with Crippen LogP contribution in [0.4, 0.5) is 11.6 Å². The molecule has 0 saturated carbocycles. The first-order valence-electron chi connectivity index (χ1n) is 6.05. The molecular weight excluding hydrogens is 214 g/mol. The number of nitrogens with two attached hydrogens (primary N) is 1. The number of nitrogen functional groups attached to an aromatic ring is 1. The molecular formula is C12H21N5. The molecule has 5 nitrogen and oxygen atoms in total. The van der Waals surface area contributed by atoms with Crippen molar-refractivity contribution in [2.24, 2.45) is 0 Å². The Morgan fingerprint density at radius 3 is 2.59 bits per heavy atom. The maximum atomic E-state index is 5.91. The molecule has 5 heteroatoms. The maximum Gasteiger partial charge on any atom is 0.137 e. The molecule has 2 N–H and O–H groups in total. The molecule has 2 heterocycles. The van der Waals surface area contributed by atoms with E-state index in [-0.39, 0.29) is 0 Å². The van der Waals surface area contributed by atoms with Gasteiger partial charge in [-0.3, -0.25) is 0 Å². The molecule has 1 unspecified atom stereocenters. The predicted molar refractivity (Wildman–Crippen MR) is 70.2 cm³/mol. The van der Waals surface area contributed by atoms with Gasteiger partial charge in [0.2, 0.25) is 0 Å². The first-order valence-corrected chi connectivity index (χ1v) is 6.05. The number of anilines is 2. The van der Waals surface area contributed by atoms with Crippen LogP contribution in [0.3, 0.4) is 0 Å². The number of aryl methyl sites for hydroxylation is 1. The monoisotopic (exact) mass is 235 g/mol. The van der Waals surface area contributed by atoms with Gasteiger partial charge in [-0.25, -0.2) is 9.97 Å². The van der Waals surface area contributed by atoms with Crippen molar-refractivity contribution < 1.29 is 0 Å². The normalized spacial score (nSPS) is 21.9. The third-order valence-corrected chi connectivity index (χ3v) is 3.37. The van der Waals surface area contributed by atoms with E-state index in [1.807, 2.05) is 13.8 Å². The lowest BCUT2D eigenvalue weighted by Gasteiger charge is -2.39. The van der Waals surface area contributed by atoms with E-state index in [1.54, 1.807) is 0 Å². The van der Waals surface area contributed by atoms with Crippen LogP contribution < -0.4 is 10.6 Å².